The van der Waals surface area contributed by atoms with E-state index in [0.29, 0.717) is 5.69 Å². The number of aliphatic hydroxyl groups is 1. The molecule has 0 spiro atoms. The van der Waals surface area contributed by atoms with Crippen LogP contribution in [-0.4, -0.2) is 46.3 Å². The van der Waals surface area contributed by atoms with E-state index in [1.807, 2.05) is 0 Å². The van der Waals surface area contributed by atoms with Crippen LogP contribution in [-0.2, 0) is 6.61 Å². The molecule has 1 aromatic rings. The van der Waals surface area contributed by atoms with Gasteiger partial charge in [-0.3, -0.25) is 9.88 Å². The number of aromatic hydroxyl groups is 1. The van der Waals surface area contributed by atoms with Gasteiger partial charge in [0.25, 0.3) is 0 Å². The van der Waals surface area contributed by atoms with Crippen LogP contribution in [0.1, 0.15) is 36.2 Å². The van der Waals surface area contributed by atoms with Gasteiger partial charge in [-0.25, -0.2) is 0 Å². The van der Waals surface area contributed by atoms with Crippen molar-refractivity contribution in [2.75, 3.05) is 26.2 Å². The minimum atomic E-state index is -0.0846. The van der Waals surface area contributed by atoms with Crippen LogP contribution < -0.4 is 5.32 Å². The molecule has 1 aliphatic heterocycles. The molecule has 3 N–H and O–H groups in total. The number of aliphatic hydroxyl groups excluding tert-OH is 1. The SMILES string of the molecule is CC[C@H](c1c(CO)cnc(C)c1O)N1CCNCC1.Cl.Cl. The van der Waals surface area contributed by atoms with Gasteiger partial charge in [0.2, 0.25) is 0 Å². The molecule has 21 heavy (non-hydrogen) atoms. The third kappa shape index (κ3) is 4.44. The number of nitrogens with one attached hydrogen (secondary N) is 1. The number of hydrogen-bond donors (Lipinski definition) is 3. The van der Waals surface area contributed by atoms with E-state index in [1.165, 1.54) is 0 Å². The highest BCUT2D eigenvalue weighted by molar-refractivity contribution is 5.85. The number of halogens is 2. The lowest BCUT2D eigenvalue weighted by Gasteiger charge is -2.35. The molecule has 0 amide bonds. The number of aromatic nitrogens is 1. The Morgan fingerprint density at radius 3 is 2.48 bits per heavy atom. The van der Waals surface area contributed by atoms with Gasteiger partial charge in [-0.15, -0.1) is 24.8 Å². The highest BCUT2D eigenvalue weighted by Crippen LogP contribution is 2.35. The van der Waals surface area contributed by atoms with E-state index >= 15 is 0 Å². The molecule has 1 saturated heterocycles. The lowest BCUT2D eigenvalue weighted by molar-refractivity contribution is 0.163. The van der Waals surface area contributed by atoms with Crippen LogP contribution in [0.25, 0.3) is 0 Å². The van der Waals surface area contributed by atoms with Gasteiger partial charge in [-0.05, 0) is 13.3 Å². The summed E-state index contributed by atoms with van der Waals surface area (Å²) in [6.07, 6.45) is 2.58. The van der Waals surface area contributed by atoms with Crippen LogP contribution in [0, 0.1) is 6.92 Å². The van der Waals surface area contributed by atoms with E-state index in [1.54, 1.807) is 13.1 Å². The van der Waals surface area contributed by atoms with Crippen LogP contribution in [0.5, 0.6) is 5.75 Å². The van der Waals surface area contributed by atoms with Crippen LogP contribution in [0.3, 0.4) is 0 Å². The quantitative estimate of drug-likeness (QED) is 0.781. The van der Waals surface area contributed by atoms with Crippen molar-refractivity contribution >= 4 is 24.8 Å². The van der Waals surface area contributed by atoms with Gasteiger partial charge < -0.3 is 15.5 Å². The highest BCUT2D eigenvalue weighted by atomic mass is 35.5. The van der Waals surface area contributed by atoms with Gasteiger partial charge in [0, 0.05) is 49.5 Å². The molecule has 0 unspecified atom stereocenters. The molecule has 0 saturated carbocycles. The summed E-state index contributed by atoms with van der Waals surface area (Å²) >= 11 is 0. The molecular weight excluding hydrogens is 313 g/mol. The second kappa shape index (κ2) is 9.43. The summed E-state index contributed by atoms with van der Waals surface area (Å²) in [5, 5.41) is 23.2. The monoisotopic (exact) mass is 337 g/mol. The average Bonchev–Trinajstić information content (AvgIpc) is 2.45. The van der Waals surface area contributed by atoms with Crippen molar-refractivity contribution in [3.63, 3.8) is 0 Å². The van der Waals surface area contributed by atoms with Crippen molar-refractivity contribution in [3.8, 4) is 5.75 Å². The lowest BCUT2D eigenvalue weighted by Crippen LogP contribution is -2.45. The molecule has 122 valence electrons. The van der Waals surface area contributed by atoms with E-state index in [2.05, 4.69) is 22.1 Å². The Balaban J connectivity index is 0.00000200. The Bertz CT molecular complexity index is 440. The van der Waals surface area contributed by atoms with Crippen molar-refractivity contribution in [3.05, 3.63) is 23.0 Å². The van der Waals surface area contributed by atoms with Crippen LogP contribution >= 0.6 is 24.8 Å². The smallest absolute Gasteiger partial charge is 0.141 e. The van der Waals surface area contributed by atoms with Gasteiger partial charge in [-0.1, -0.05) is 6.92 Å². The first kappa shape index (κ1) is 20.4. The number of nitrogens with zero attached hydrogens (tertiary/aromatic N) is 2. The largest absolute Gasteiger partial charge is 0.506 e. The molecule has 0 radical (unpaired) electrons. The van der Waals surface area contributed by atoms with Gasteiger partial charge in [0.1, 0.15) is 5.75 Å². The predicted molar refractivity (Wildman–Crippen MR) is 88.5 cm³/mol. The zero-order valence-corrected chi connectivity index (χ0v) is 14.1. The van der Waals surface area contributed by atoms with Crippen molar-refractivity contribution < 1.29 is 10.2 Å². The van der Waals surface area contributed by atoms with Gasteiger partial charge in [0.05, 0.1) is 12.3 Å². The first-order valence-electron chi connectivity index (χ1n) is 6.92. The number of rotatable bonds is 4. The Kier molecular flexibility index (Phi) is 9.17. The summed E-state index contributed by atoms with van der Waals surface area (Å²) in [4.78, 5) is 6.50. The van der Waals surface area contributed by atoms with E-state index in [-0.39, 0.29) is 43.2 Å². The van der Waals surface area contributed by atoms with Gasteiger partial charge in [0.15, 0.2) is 0 Å². The molecule has 0 bridgehead atoms. The molecule has 1 atom stereocenters. The van der Waals surface area contributed by atoms with Crippen molar-refractivity contribution in [1.82, 2.24) is 15.2 Å². The Hall–Kier alpha value is -0.590. The van der Waals surface area contributed by atoms with Crippen molar-refractivity contribution in [2.24, 2.45) is 0 Å². The maximum atomic E-state index is 10.3. The molecular formula is C14H25Cl2N3O2. The van der Waals surface area contributed by atoms with E-state index in [0.717, 1.165) is 43.7 Å². The molecule has 5 nitrogen and oxygen atoms in total. The first-order valence-corrected chi connectivity index (χ1v) is 6.92. The Labute approximate surface area is 138 Å². The fourth-order valence-electron chi connectivity index (χ4n) is 2.79. The summed E-state index contributed by atoms with van der Waals surface area (Å²) < 4.78 is 0. The van der Waals surface area contributed by atoms with Gasteiger partial charge >= 0.3 is 0 Å². The Morgan fingerprint density at radius 1 is 1.33 bits per heavy atom. The normalized spacial score (nSPS) is 16.7. The number of pyridine rings is 1. The summed E-state index contributed by atoms with van der Waals surface area (Å²) in [7, 11) is 0. The fourth-order valence-corrected chi connectivity index (χ4v) is 2.79. The highest BCUT2D eigenvalue weighted by Gasteiger charge is 2.26. The number of piperazine rings is 1. The van der Waals surface area contributed by atoms with Crippen LogP contribution in [0.4, 0.5) is 0 Å². The second-order valence-electron chi connectivity index (χ2n) is 5.00. The third-order valence-electron chi connectivity index (χ3n) is 3.84. The lowest BCUT2D eigenvalue weighted by atomic mass is 9.96. The molecule has 2 heterocycles. The van der Waals surface area contributed by atoms with Crippen LogP contribution in [0.2, 0.25) is 0 Å². The summed E-state index contributed by atoms with van der Waals surface area (Å²) in [6, 6.07) is 0.144. The van der Waals surface area contributed by atoms with Crippen LogP contribution in [0.15, 0.2) is 6.20 Å². The second-order valence-corrected chi connectivity index (χ2v) is 5.00. The molecule has 0 aliphatic carbocycles. The number of hydrogen-bond acceptors (Lipinski definition) is 5. The number of aryl methyl sites for hydroxylation is 1. The molecule has 7 heteroatoms. The topological polar surface area (TPSA) is 68.6 Å². The predicted octanol–water partition coefficient (Wildman–Crippen LogP) is 1.79. The minimum Gasteiger partial charge on any atom is -0.506 e. The molecule has 1 aliphatic rings. The third-order valence-corrected chi connectivity index (χ3v) is 3.84. The zero-order valence-electron chi connectivity index (χ0n) is 12.5. The Morgan fingerprint density at radius 2 is 1.95 bits per heavy atom. The molecule has 1 fully saturated rings. The summed E-state index contributed by atoms with van der Waals surface area (Å²) in [6.45, 7) is 7.69. The standard InChI is InChI=1S/C14H23N3O2.2ClH/c1-3-12(17-6-4-15-5-7-17)13-11(9-18)8-16-10(2)14(13)19;;/h8,12,15,18-19H,3-7,9H2,1-2H3;2*1H/t12-;;/m1../s1. The fraction of sp³-hybridized carbons (Fsp3) is 0.643. The average molecular weight is 338 g/mol. The maximum absolute atomic E-state index is 10.3. The summed E-state index contributed by atoms with van der Waals surface area (Å²) in [5.74, 6) is 0.233. The van der Waals surface area contributed by atoms with E-state index in [4.69, 9.17) is 0 Å². The zero-order chi connectivity index (χ0) is 13.8. The molecule has 0 aromatic carbocycles. The van der Waals surface area contributed by atoms with Crippen molar-refractivity contribution in [1.29, 1.82) is 0 Å². The molecule has 2 rings (SSSR count). The maximum Gasteiger partial charge on any atom is 0.141 e. The minimum absolute atomic E-state index is 0. The first-order chi connectivity index (χ1) is 9.19. The van der Waals surface area contributed by atoms with Crippen molar-refractivity contribution in [2.45, 2.75) is 32.9 Å². The molecule has 1 aromatic heterocycles. The van der Waals surface area contributed by atoms with E-state index in [9.17, 15) is 10.2 Å². The van der Waals surface area contributed by atoms with Gasteiger partial charge in [-0.2, -0.15) is 0 Å². The summed E-state index contributed by atoms with van der Waals surface area (Å²) in [5.41, 5.74) is 2.20. The van der Waals surface area contributed by atoms with E-state index < -0.39 is 0 Å².